The second-order valence-corrected chi connectivity index (χ2v) is 6.33. The Bertz CT molecular complexity index is 531. The monoisotopic (exact) mass is 387 g/mol. The van der Waals surface area contributed by atoms with E-state index in [0.717, 1.165) is 15.1 Å². The van der Waals surface area contributed by atoms with Crippen molar-refractivity contribution in [2.45, 2.75) is 17.7 Å². The second kappa shape index (κ2) is 6.18. The van der Waals surface area contributed by atoms with Crippen LogP contribution in [-0.2, 0) is 0 Å². The molecule has 2 unspecified atom stereocenters. The van der Waals surface area contributed by atoms with Gasteiger partial charge in [-0.25, -0.2) is 0 Å². The predicted molar refractivity (Wildman–Crippen MR) is 83.5 cm³/mol. The highest BCUT2D eigenvalue weighted by Crippen LogP contribution is 2.42. The van der Waals surface area contributed by atoms with Crippen molar-refractivity contribution in [1.29, 1.82) is 0 Å². The van der Waals surface area contributed by atoms with E-state index in [1.807, 2.05) is 42.7 Å². The molecule has 0 radical (unpaired) electrons. The predicted octanol–water partition coefficient (Wildman–Crippen LogP) is 5.74. The molecule has 1 aromatic carbocycles. The highest BCUT2D eigenvalue weighted by molar-refractivity contribution is 9.10. The first-order valence-corrected chi connectivity index (χ1v) is 7.68. The van der Waals surface area contributed by atoms with Crippen LogP contribution < -0.4 is 0 Å². The minimum atomic E-state index is 0.171. The number of hydrogen-bond acceptors (Lipinski definition) is 1. The molecule has 2 rings (SSSR count). The zero-order chi connectivity index (χ0) is 13.1. The van der Waals surface area contributed by atoms with E-state index in [4.69, 9.17) is 11.6 Å². The standard InChI is InChI=1S/C14H12Br2ClN/c1-9(10-5-7-18-8-6-10)13(16)11-3-2-4-12(15)14(11)17/h2-9,13H,1H3. The molecule has 1 heterocycles. The summed E-state index contributed by atoms with van der Waals surface area (Å²) in [6.07, 6.45) is 3.63. The molecule has 0 saturated heterocycles. The molecule has 94 valence electrons. The lowest BCUT2D eigenvalue weighted by molar-refractivity contribution is 0.750. The molecule has 0 amide bonds. The summed E-state index contributed by atoms with van der Waals surface area (Å²) in [7, 11) is 0. The Morgan fingerprint density at radius 1 is 1.17 bits per heavy atom. The van der Waals surface area contributed by atoms with Crippen LogP contribution in [0.15, 0.2) is 47.2 Å². The zero-order valence-corrected chi connectivity index (χ0v) is 13.7. The summed E-state index contributed by atoms with van der Waals surface area (Å²) in [4.78, 5) is 4.21. The average molecular weight is 390 g/mol. The number of alkyl halides is 1. The van der Waals surface area contributed by atoms with Crippen molar-refractivity contribution < 1.29 is 0 Å². The third kappa shape index (κ3) is 2.95. The topological polar surface area (TPSA) is 12.9 Å². The van der Waals surface area contributed by atoms with Gasteiger partial charge in [-0.05, 0) is 51.2 Å². The molecule has 2 atom stereocenters. The summed E-state index contributed by atoms with van der Waals surface area (Å²) in [5, 5.41) is 0.764. The molecule has 0 N–H and O–H groups in total. The Morgan fingerprint density at radius 2 is 1.83 bits per heavy atom. The molecule has 4 heteroatoms. The van der Waals surface area contributed by atoms with Gasteiger partial charge in [0.05, 0.1) is 5.02 Å². The Kier molecular flexibility index (Phi) is 4.82. The van der Waals surface area contributed by atoms with Crippen LogP contribution in [0.5, 0.6) is 0 Å². The van der Waals surface area contributed by atoms with E-state index < -0.39 is 0 Å². The van der Waals surface area contributed by atoms with E-state index in [1.165, 1.54) is 5.56 Å². The van der Waals surface area contributed by atoms with E-state index >= 15 is 0 Å². The van der Waals surface area contributed by atoms with Crippen LogP contribution in [0, 0.1) is 0 Å². The van der Waals surface area contributed by atoms with Crippen LogP contribution in [0.1, 0.15) is 28.8 Å². The minimum absolute atomic E-state index is 0.171. The van der Waals surface area contributed by atoms with Crippen molar-refractivity contribution >= 4 is 43.5 Å². The van der Waals surface area contributed by atoms with Crippen LogP contribution in [0.25, 0.3) is 0 Å². The first kappa shape index (κ1) is 14.0. The molecule has 0 fully saturated rings. The summed E-state index contributed by atoms with van der Waals surface area (Å²) in [6, 6.07) is 10.1. The van der Waals surface area contributed by atoms with Gasteiger partial charge in [0, 0.05) is 21.7 Å². The van der Waals surface area contributed by atoms with Crippen molar-refractivity contribution in [3.8, 4) is 0 Å². The molecule has 2 aromatic rings. The lowest BCUT2D eigenvalue weighted by atomic mass is 9.94. The summed E-state index contributed by atoms with van der Waals surface area (Å²) >= 11 is 13.5. The molecule has 0 aliphatic carbocycles. The average Bonchev–Trinajstić information content (AvgIpc) is 2.41. The van der Waals surface area contributed by atoms with Crippen molar-refractivity contribution in [1.82, 2.24) is 4.98 Å². The number of nitrogens with zero attached hydrogens (tertiary/aromatic N) is 1. The molecule has 1 nitrogen and oxygen atoms in total. The van der Waals surface area contributed by atoms with E-state index in [1.54, 1.807) is 0 Å². The van der Waals surface area contributed by atoms with Gasteiger partial charge >= 0.3 is 0 Å². The van der Waals surface area contributed by atoms with Gasteiger partial charge in [0.25, 0.3) is 0 Å². The maximum atomic E-state index is 6.33. The summed E-state index contributed by atoms with van der Waals surface area (Å²) in [6.45, 7) is 2.17. The smallest absolute Gasteiger partial charge is 0.0591 e. The van der Waals surface area contributed by atoms with Gasteiger partial charge in [-0.1, -0.05) is 46.6 Å². The van der Waals surface area contributed by atoms with E-state index in [2.05, 4.69) is 43.8 Å². The molecule has 1 aromatic heterocycles. The molecular formula is C14H12Br2ClN. The highest BCUT2D eigenvalue weighted by Gasteiger charge is 2.20. The van der Waals surface area contributed by atoms with Crippen molar-refractivity contribution in [3.63, 3.8) is 0 Å². The molecule has 0 aliphatic rings. The van der Waals surface area contributed by atoms with Gasteiger partial charge in [0.2, 0.25) is 0 Å². The van der Waals surface area contributed by atoms with Gasteiger partial charge in [0.15, 0.2) is 0 Å². The normalized spacial score (nSPS) is 14.2. The first-order valence-electron chi connectivity index (χ1n) is 5.59. The van der Waals surface area contributed by atoms with Gasteiger partial charge in [-0.3, -0.25) is 4.98 Å². The van der Waals surface area contributed by atoms with Gasteiger partial charge in [0.1, 0.15) is 0 Å². The fourth-order valence-electron chi connectivity index (χ4n) is 1.84. The lowest BCUT2D eigenvalue weighted by Gasteiger charge is -2.20. The summed E-state index contributed by atoms with van der Waals surface area (Å²) < 4.78 is 0.924. The van der Waals surface area contributed by atoms with Gasteiger partial charge in [-0.15, -0.1) is 0 Å². The Labute approximate surface area is 129 Å². The van der Waals surface area contributed by atoms with Crippen LogP contribution >= 0.6 is 43.5 Å². The molecule has 0 saturated carbocycles. The number of rotatable bonds is 3. The van der Waals surface area contributed by atoms with Crippen molar-refractivity contribution in [2.24, 2.45) is 0 Å². The van der Waals surface area contributed by atoms with Crippen LogP contribution in [0.2, 0.25) is 5.02 Å². The Morgan fingerprint density at radius 3 is 2.50 bits per heavy atom. The van der Waals surface area contributed by atoms with Crippen LogP contribution in [0.4, 0.5) is 0 Å². The van der Waals surface area contributed by atoms with Gasteiger partial charge < -0.3 is 0 Å². The number of halogens is 3. The molecule has 0 aliphatic heterocycles. The number of hydrogen-bond donors (Lipinski definition) is 0. The molecule has 0 bridgehead atoms. The SMILES string of the molecule is CC(c1ccncc1)C(Br)c1cccc(Br)c1Cl. The molecule has 0 spiro atoms. The quantitative estimate of drug-likeness (QED) is 0.610. The fourth-order valence-corrected chi connectivity index (χ4v) is 3.28. The highest BCUT2D eigenvalue weighted by atomic mass is 79.9. The van der Waals surface area contributed by atoms with E-state index in [-0.39, 0.29) is 4.83 Å². The zero-order valence-electron chi connectivity index (χ0n) is 9.78. The number of aromatic nitrogens is 1. The van der Waals surface area contributed by atoms with E-state index in [0.29, 0.717) is 5.92 Å². The summed E-state index contributed by atoms with van der Waals surface area (Å²) in [5.41, 5.74) is 2.33. The maximum absolute atomic E-state index is 6.33. The fraction of sp³-hybridized carbons (Fsp3) is 0.214. The van der Waals surface area contributed by atoms with Crippen LogP contribution in [0.3, 0.4) is 0 Å². The first-order chi connectivity index (χ1) is 8.61. The van der Waals surface area contributed by atoms with Gasteiger partial charge in [-0.2, -0.15) is 0 Å². The second-order valence-electron chi connectivity index (χ2n) is 4.11. The molecular weight excluding hydrogens is 377 g/mol. The van der Waals surface area contributed by atoms with Crippen LogP contribution in [-0.4, -0.2) is 4.98 Å². The van der Waals surface area contributed by atoms with Crippen molar-refractivity contribution in [2.75, 3.05) is 0 Å². The molecule has 18 heavy (non-hydrogen) atoms. The Balaban J connectivity index is 2.31. The minimum Gasteiger partial charge on any atom is -0.265 e. The maximum Gasteiger partial charge on any atom is 0.0591 e. The largest absolute Gasteiger partial charge is 0.265 e. The Hall–Kier alpha value is -0.380. The number of pyridine rings is 1. The third-order valence-electron chi connectivity index (χ3n) is 2.95. The lowest BCUT2D eigenvalue weighted by Crippen LogP contribution is -2.03. The third-order valence-corrected chi connectivity index (χ3v) is 5.55. The van der Waals surface area contributed by atoms with Crippen molar-refractivity contribution in [3.05, 3.63) is 63.3 Å². The van der Waals surface area contributed by atoms with E-state index in [9.17, 15) is 0 Å². The number of benzene rings is 1. The summed E-state index contributed by atoms with van der Waals surface area (Å²) in [5.74, 6) is 0.319.